The Morgan fingerprint density at radius 2 is 2.17 bits per heavy atom. The van der Waals surface area contributed by atoms with Crippen LogP contribution in [0.4, 0.5) is 8.78 Å². The van der Waals surface area contributed by atoms with Crippen molar-refractivity contribution in [3.05, 3.63) is 28.5 Å². The summed E-state index contributed by atoms with van der Waals surface area (Å²) in [6.45, 7) is 0.535. The third-order valence-corrected chi connectivity index (χ3v) is 1.96. The van der Waals surface area contributed by atoms with E-state index in [2.05, 4.69) is 4.74 Å². The van der Waals surface area contributed by atoms with Crippen LogP contribution in [0.5, 0.6) is 5.75 Å². The van der Waals surface area contributed by atoms with Crippen molar-refractivity contribution < 1.29 is 13.5 Å². The van der Waals surface area contributed by atoms with Gasteiger partial charge in [-0.2, -0.15) is 0 Å². The average molecular weight is 193 g/mol. The van der Waals surface area contributed by atoms with E-state index in [1.54, 1.807) is 0 Å². The summed E-state index contributed by atoms with van der Waals surface area (Å²) in [5, 5.41) is 0.118. The fourth-order valence-corrected chi connectivity index (χ4v) is 1.01. The van der Waals surface area contributed by atoms with Crippen LogP contribution >= 0.6 is 11.6 Å². The molecule has 0 unspecified atom stereocenters. The van der Waals surface area contributed by atoms with Gasteiger partial charge in [-0.05, 0) is 19.1 Å². The highest BCUT2D eigenvalue weighted by atomic mass is 35.5. The molecule has 0 aliphatic rings. The largest absolute Gasteiger partial charge is 0.461 e. The maximum absolute atomic E-state index is 12.8. The SMILES string of the molecule is Cc1c(F)ccc(OCF)c1Cl. The minimum absolute atomic E-state index is 0.118. The summed E-state index contributed by atoms with van der Waals surface area (Å²) in [7, 11) is 0. The molecular formula is C8H7ClF2O. The fraction of sp³-hybridized carbons (Fsp3) is 0.250. The Hall–Kier alpha value is -0.830. The first-order valence-corrected chi connectivity index (χ1v) is 3.68. The topological polar surface area (TPSA) is 9.23 Å². The molecular weight excluding hydrogens is 186 g/mol. The lowest BCUT2D eigenvalue weighted by molar-refractivity contribution is 0.191. The Kier molecular flexibility index (Phi) is 2.87. The first-order chi connectivity index (χ1) is 5.66. The second-order valence-electron chi connectivity index (χ2n) is 2.24. The molecule has 1 aromatic rings. The van der Waals surface area contributed by atoms with E-state index in [0.29, 0.717) is 0 Å². The van der Waals surface area contributed by atoms with Gasteiger partial charge < -0.3 is 4.74 Å². The van der Waals surface area contributed by atoms with Crippen LogP contribution < -0.4 is 4.74 Å². The summed E-state index contributed by atoms with van der Waals surface area (Å²) in [6.07, 6.45) is 0. The van der Waals surface area contributed by atoms with Gasteiger partial charge in [-0.15, -0.1) is 0 Å². The molecule has 0 amide bonds. The van der Waals surface area contributed by atoms with E-state index < -0.39 is 12.7 Å². The first kappa shape index (κ1) is 9.26. The van der Waals surface area contributed by atoms with Crippen molar-refractivity contribution in [1.29, 1.82) is 0 Å². The van der Waals surface area contributed by atoms with E-state index >= 15 is 0 Å². The van der Waals surface area contributed by atoms with Crippen molar-refractivity contribution in [1.82, 2.24) is 0 Å². The fourth-order valence-electron chi connectivity index (χ4n) is 0.807. The van der Waals surface area contributed by atoms with Gasteiger partial charge in [0, 0.05) is 5.56 Å². The Labute approximate surface area is 73.9 Å². The van der Waals surface area contributed by atoms with Gasteiger partial charge in [-0.3, -0.25) is 0 Å². The monoisotopic (exact) mass is 192 g/mol. The van der Waals surface area contributed by atoms with Gasteiger partial charge in [0.2, 0.25) is 6.86 Å². The van der Waals surface area contributed by atoms with Gasteiger partial charge in [0.25, 0.3) is 0 Å². The number of hydrogen-bond donors (Lipinski definition) is 0. The zero-order valence-corrected chi connectivity index (χ0v) is 7.16. The first-order valence-electron chi connectivity index (χ1n) is 3.30. The Balaban J connectivity index is 3.08. The van der Waals surface area contributed by atoms with Crippen molar-refractivity contribution in [3.8, 4) is 5.75 Å². The van der Waals surface area contributed by atoms with Gasteiger partial charge in [-0.25, -0.2) is 8.78 Å². The number of rotatable bonds is 2. The Morgan fingerprint density at radius 3 is 2.75 bits per heavy atom. The average Bonchev–Trinajstić information content (AvgIpc) is 2.07. The molecule has 0 aromatic heterocycles. The second kappa shape index (κ2) is 3.72. The Bertz CT molecular complexity index is 289. The molecule has 4 heteroatoms. The number of benzene rings is 1. The van der Waals surface area contributed by atoms with Crippen LogP contribution in [-0.4, -0.2) is 6.86 Å². The summed E-state index contributed by atoms with van der Waals surface area (Å²) in [5.41, 5.74) is 0.266. The minimum Gasteiger partial charge on any atom is -0.461 e. The van der Waals surface area contributed by atoms with Gasteiger partial charge in [0.15, 0.2) is 0 Å². The van der Waals surface area contributed by atoms with Crippen LogP contribution in [0.25, 0.3) is 0 Å². The van der Waals surface area contributed by atoms with Gasteiger partial charge >= 0.3 is 0 Å². The number of halogens is 3. The van der Waals surface area contributed by atoms with Crippen molar-refractivity contribution >= 4 is 11.6 Å². The standard InChI is InChI=1S/C8H7ClF2O/c1-5-6(11)2-3-7(8(5)9)12-4-10/h2-3H,4H2,1H3. The van der Waals surface area contributed by atoms with Crippen molar-refractivity contribution in [2.45, 2.75) is 6.92 Å². The van der Waals surface area contributed by atoms with Gasteiger partial charge in [0.05, 0.1) is 5.02 Å². The number of ether oxygens (including phenoxy) is 1. The maximum Gasteiger partial charge on any atom is 0.228 e. The van der Waals surface area contributed by atoms with Crippen LogP contribution in [0.15, 0.2) is 12.1 Å². The normalized spacial score (nSPS) is 10.0. The lowest BCUT2D eigenvalue weighted by Crippen LogP contribution is -1.93. The summed E-state index contributed by atoms with van der Waals surface area (Å²) in [4.78, 5) is 0. The molecule has 0 heterocycles. The minimum atomic E-state index is -0.967. The molecule has 0 bridgehead atoms. The molecule has 0 radical (unpaired) electrons. The van der Waals surface area contributed by atoms with E-state index in [1.165, 1.54) is 19.1 Å². The lowest BCUT2D eigenvalue weighted by Gasteiger charge is -2.06. The number of alkyl halides is 1. The molecule has 1 rings (SSSR count). The Morgan fingerprint density at radius 1 is 1.50 bits per heavy atom. The number of hydrogen-bond acceptors (Lipinski definition) is 1. The predicted octanol–water partition coefficient (Wildman–Crippen LogP) is 3.09. The van der Waals surface area contributed by atoms with Crippen LogP contribution in [0.3, 0.4) is 0 Å². The summed E-state index contributed by atoms with van der Waals surface area (Å²) in [5.74, 6) is -0.260. The predicted molar refractivity (Wildman–Crippen MR) is 42.8 cm³/mol. The van der Waals surface area contributed by atoms with E-state index in [-0.39, 0.29) is 16.3 Å². The maximum atomic E-state index is 12.8. The van der Waals surface area contributed by atoms with Gasteiger partial charge in [-0.1, -0.05) is 11.6 Å². The van der Waals surface area contributed by atoms with Gasteiger partial charge in [0.1, 0.15) is 11.6 Å². The smallest absolute Gasteiger partial charge is 0.228 e. The second-order valence-corrected chi connectivity index (χ2v) is 2.62. The third kappa shape index (κ3) is 1.67. The van der Waals surface area contributed by atoms with E-state index in [4.69, 9.17) is 11.6 Å². The van der Waals surface area contributed by atoms with Crippen molar-refractivity contribution in [3.63, 3.8) is 0 Å². The van der Waals surface area contributed by atoms with E-state index in [1.807, 2.05) is 0 Å². The molecule has 0 spiro atoms. The van der Waals surface area contributed by atoms with Crippen molar-refractivity contribution in [2.24, 2.45) is 0 Å². The molecule has 0 atom stereocenters. The molecule has 1 aromatic carbocycles. The van der Waals surface area contributed by atoms with E-state index in [9.17, 15) is 8.78 Å². The summed E-state index contributed by atoms with van der Waals surface area (Å²) >= 11 is 5.65. The van der Waals surface area contributed by atoms with Crippen LogP contribution in [0.1, 0.15) is 5.56 Å². The highest BCUT2D eigenvalue weighted by molar-refractivity contribution is 6.32. The molecule has 0 saturated heterocycles. The molecule has 0 aliphatic heterocycles. The molecule has 66 valence electrons. The van der Waals surface area contributed by atoms with Crippen LogP contribution in [0, 0.1) is 12.7 Å². The zero-order valence-electron chi connectivity index (χ0n) is 6.40. The zero-order chi connectivity index (χ0) is 9.14. The highest BCUT2D eigenvalue weighted by Crippen LogP contribution is 2.29. The summed E-state index contributed by atoms with van der Waals surface area (Å²) in [6, 6.07) is 2.48. The van der Waals surface area contributed by atoms with Crippen molar-refractivity contribution in [2.75, 3.05) is 6.86 Å². The molecule has 1 nitrogen and oxygen atoms in total. The van der Waals surface area contributed by atoms with Crippen LogP contribution in [-0.2, 0) is 0 Å². The lowest BCUT2D eigenvalue weighted by atomic mass is 10.2. The molecule has 12 heavy (non-hydrogen) atoms. The molecule has 0 saturated carbocycles. The molecule has 0 fully saturated rings. The van der Waals surface area contributed by atoms with Crippen LogP contribution in [0.2, 0.25) is 5.02 Å². The quantitative estimate of drug-likeness (QED) is 0.700. The summed E-state index contributed by atoms with van der Waals surface area (Å²) < 4.78 is 29.0. The highest BCUT2D eigenvalue weighted by Gasteiger charge is 2.08. The third-order valence-electron chi connectivity index (χ3n) is 1.49. The van der Waals surface area contributed by atoms with E-state index in [0.717, 1.165) is 0 Å². The molecule has 0 N–H and O–H groups in total. The molecule has 0 aliphatic carbocycles.